The van der Waals surface area contributed by atoms with Crippen LogP contribution < -0.4 is 0 Å². The third-order valence-electron chi connectivity index (χ3n) is 5.93. The maximum Gasteiger partial charge on any atom is 0.525 e. The highest BCUT2D eigenvalue weighted by molar-refractivity contribution is 6.53. The molecule has 1 aliphatic carbocycles. The van der Waals surface area contributed by atoms with E-state index in [1.165, 1.54) is 18.4 Å². The van der Waals surface area contributed by atoms with Gasteiger partial charge in [-0.05, 0) is 78.2 Å². The molecule has 0 radical (unpaired) electrons. The molecule has 0 aromatic rings. The van der Waals surface area contributed by atoms with Crippen molar-refractivity contribution in [3.8, 4) is 0 Å². The Morgan fingerprint density at radius 2 is 1.67 bits per heavy atom. The number of rotatable bonds is 2. The fourth-order valence-electron chi connectivity index (χ4n) is 3.55. The Bertz CT molecular complexity index is 505. The highest BCUT2D eigenvalue weighted by atomic mass is 19.1. The van der Waals surface area contributed by atoms with Crippen LogP contribution in [-0.4, -0.2) is 31.0 Å². The molecular weight excluding hydrogens is 306 g/mol. The predicted molar refractivity (Wildman–Crippen MR) is 94.4 cm³/mol. The van der Waals surface area contributed by atoms with Crippen LogP contribution in [0.5, 0.6) is 0 Å². The van der Waals surface area contributed by atoms with Crippen molar-refractivity contribution in [1.82, 2.24) is 0 Å². The van der Waals surface area contributed by atoms with E-state index < -0.39 is 18.3 Å². The zero-order chi connectivity index (χ0) is 17.4. The van der Waals surface area contributed by atoms with Crippen molar-refractivity contribution < 1.29 is 18.4 Å². The second kappa shape index (κ2) is 6.93. The molecule has 0 amide bonds. The maximum atomic E-state index is 14.9. The van der Waals surface area contributed by atoms with Crippen LogP contribution in [0.3, 0.4) is 0 Å². The summed E-state index contributed by atoms with van der Waals surface area (Å²) in [6, 6.07) is 0. The number of allylic oxidation sites excluding steroid dienone is 2. The molecular formula is C19H30BFO3. The molecule has 0 N–H and O–H groups in total. The van der Waals surface area contributed by atoms with Gasteiger partial charge in [0.1, 0.15) is 5.73 Å². The molecule has 3 nitrogen and oxygen atoms in total. The van der Waals surface area contributed by atoms with E-state index in [0.29, 0.717) is 0 Å². The Balaban J connectivity index is 1.61. The molecule has 1 unspecified atom stereocenters. The Morgan fingerprint density at radius 1 is 1.04 bits per heavy atom. The van der Waals surface area contributed by atoms with E-state index >= 15 is 0 Å². The first-order valence-electron chi connectivity index (χ1n) is 9.33. The Hall–Kier alpha value is -0.645. The lowest BCUT2D eigenvalue weighted by molar-refractivity contribution is 0.00578. The normalized spacial score (nSPS) is 29.7. The van der Waals surface area contributed by atoms with Gasteiger partial charge in [-0.25, -0.2) is 4.39 Å². The van der Waals surface area contributed by atoms with E-state index in [9.17, 15) is 4.39 Å². The van der Waals surface area contributed by atoms with E-state index in [2.05, 4.69) is 6.08 Å². The van der Waals surface area contributed by atoms with Crippen molar-refractivity contribution in [2.75, 3.05) is 6.61 Å². The molecule has 0 aromatic heterocycles. The zero-order valence-electron chi connectivity index (χ0n) is 15.5. The van der Waals surface area contributed by atoms with Gasteiger partial charge in [0, 0.05) is 6.61 Å². The highest BCUT2D eigenvalue weighted by Crippen LogP contribution is 2.41. The van der Waals surface area contributed by atoms with Gasteiger partial charge in [-0.15, -0.1) is 0 Å². The van der Waals surface area contributed by atoms with E-state index in [-0.39, 0.29) is 11.8 Å². The summed E-state index contributed by atoms with van der Waals surface area (Å²) in [5, 5.41) is 0. The second-order valence-electron chi connectivity index (χ2n) is 8.27. The average molecular weight is 336 g/mol. The summed E-state index contributed by atoms with van der Waals surface area (Å²) < 4.78 is 32.3. The van der Waals surface area contributed by atoms with Crippen molar-refractivity contribution in [2.24, 2.45) is 0 Å². The Labute approximate surface area is 145 Å². The SMILES string of the molecule is CC1(C)OB(C(F)=C2CCC(=CC3CCCCO3)CC2)OC1(C)C. The van der Waals surface area contributed by atoms with Crippen LogP contribution in [0.4, 0.5) is 4.39 Å². The lowest BCUT2D eigenvalue weighted by Gasteiger charge is -2.32. The van der Waals surface area contributed by atoms with Gasteiger partial charge >= 0.3 is 7.12 Å². The van der Waals surface area contributed by atoms with Crippen LogP contribution in [0, 0.1) is 0 Å². The number of hydrogen-bond donors (Lipinski definition) is 0. The molecule has 0 bridgehead atoms. The summed E-state index contributed by atoms with van der Waals surface area (Å²) >= 11 is 0. The second-order valence-corrected chi connectivity index (χ2v) is 8.27. The largest absolute Gasteiger partial charge is 0.525 e. The van der Waals surface area contributed by atoms with Crippen molar-refractivity contribution in [1.29, 1.82) is 0 Å². The summed E-state index contributed by atoms with van der Waals surface area (Å²) in [6.07, 6.45) is 9.44. The van der Waals surface area contributed by atoms with Gasteiger partial charge in [0.15, 0.2) is 0 Å². The van der Waals surface area contributed by atoms with Gasteiger partial charge in [0.2, 0.25) is 0 Å². The van der Waals surface area contributed by atoms with Crippen molar-refractivity contribution in [3.05, 3.63) is 22.9 Å². The predicted octanol–water partition coefficient (Wildman–Crippen LogP) is 4.91. The third-order valence-corrected chi connectivity index (χ3v) is 5.93. The first-order chi connectivity index (χ1) is 11.3. The molecule has 3 rings (SSSR count). The molecule has 5 heteroatoms. The monoisotopic (exact) mass is 336 g/mol. The van der Waals surface area contributed by atoms with Crippen LogP contribution in [-0.2, 0) is 14.0 Å². The minimum absolute atomic E-state index is 0.207. The Kier molecular flexibility index (Phi) is 5.24. The molecule has 2 aliphatic heterocycles. The summed E-state index contributed by atoms with van der Waals surface area (Å²) in [5.41, 5.74) is 1.07. The molecule has 24 heavy (non-hydrogen) atoms. The number of ether oxygens (including phenoxy) is 1. The lowest BCUT2D eigenvalue weighted by Crippen LogP contribution is -2.41. The van der Waals surface area contributed by atoms with Crippen LogP contribution in [0.15, 0.2) is 22.9 Å². The topological polar surface area (TPSA) is 27.7 Å². The van der Waals surface area contributed by atoms with Crippen LogP contribution in [0.2, 0.25) is 0 Å². The van der Waals surface area contributed by atoms with E-state index in [1.807, 2.05) is 27.7 Å². The zero-order valence-corrected chi connectivity index (χ0v) is 15.5. The molecule has 0 spiro atoms. The van der Waals surface area contributed by atoms with Gasteiger partial charge in [0.05, 0.1) is 17.3 Å². The van der Waals surface area contributed by atoms with Gasteiger partial charge in [-0.2, -0.15) is 0 Å². The van der Waals surface area contributed by atoms with Crippen molar-refractivity contribution >= 4 is 7.12 Å². The summed E-state index contributed by atoms with van der Waals surface area (Å²) in [4.78, 5) is 0. The minimum atomic E-state index is -0.850. The van der Waals surface area contributed by atoms with Crippen LogP contribution >= 0.6 is 0 Å². The highest BCUT2D eigenvalue weighted by Gasteiger charge is 2.53. The van der Waals surface area contributed by atoms with Gasteiger partial charge < -0.3 is 14.0 Å². The third kappa shape index (κ3) is 3.78. The standard InChI is InChI=1S/C19H30BFO3/c1-18(2)19(3,4)24-20(23-18)17(21)15-10-8-14(9-11-15)13-16-7-5-6-12-22-16/h13,16H,5-12H2,1-4H3. The molecule has 2 heterocycles. The summed E-state index contributed by atoms with van der Waals surface area (Å²) in [7, 11) is -0.850. The Morgan fingerprint density at radius 3 is 2.21 bits per heavy atom. The molecule has 1 atom stereocenters. The van der Waals surface area contributed by atoms with E-state index in [4.69, 9.17) is 14.0 Å². The lowest BCUT2D eigenvalue weighted by atomic mass is 9.79. The average Bonchev–Trinajstić information content (AvgIpc) is 2.76. The molecule has 0 aromatic carbocycles. The fraction of sp³-hybridized carbons (Fsp3) is 0.789. The van der Waals surface area contributed by atoms with Crippen molar-refractivity contribution in [2.45, 2.75) is 89.9 Å². The molecule has 2 saturated heterocycles. The fourth-order valence-corrected chi connectivity index (χ4v) is 3.55. The van der Waals surface area contributed by atoms with E-state index in [0.717, 1.165) is 44.3 Å². The maximum absolute atomic E-state index is 14.9. The van der Waals surface area contributed by atoms with Crippen molar-refractivity contribution in [3.63, 3.8) is 0 Å². The molecule has 134 valence electrons. The summed E-state index contributed by atoms with van der Waals surface area (Å²) in [5.74, 6) is 0. The minimum Gasteiger partial charge on any atom is -0.398 e. The number of halogens is 1. The van der Waals surface area contributed by atoms with Gasteiger partial charge in [-0.1, -0.05) is 11.6 Å². The van der Waals surface area contributed by atoms with E-state index in [1.54, 1.807) is 0 Å². The first kappa shape index (κ1) is 18.2. The smallest absolute Gasteiger partial charge is 0.398 e. The molecule has 3 fully saturated rings. The quantitative estimate of drug-likeness (QED) is 0.530. The molecule has 1 saturated carbocycles. The summed E-state index contributed by atoms with van der Waals surface area (Å²) in [6.45, 7) is 8.69. The van der Waals surface area contributed by atoms with Gasteiger partial charge in [-0.3, -0.25) is 0 Å². The number of hydrogen-bond acceptors (Lipinski definition) is 3. The molecule has 3 aliphatic rings. The van der Waals surface area contributed by atoms with Crippen LogP contribution in [0.1, 0.15) is 72.6 Å². The first-order valence-corrected chi connectivity index (χ1v) is 9.33. The van der Waals surface area contributed by atoms with Gasteiger partial charge in [0.25, 0.3) is 0 Å². The van der Waals surface area contributed by atoms with Crippen LogP contribution in [0.25, 0.3) is 0 Å².